The Hall–Kier alpha value is -2.26. The molecule has 2 aliphatic rings. The van der Waals surface area contributed by atoms with Crippen LogP contribution in [-0.4, -0.2) is 51.5 Å². The van der Waals surface area contributed by atoms with Gasteiger partial charge in [0.25, 0.3) is 0 Å². The van der Waals surface area contributed by atoms with Gasteiger partial charge in [-0.15, -0.1) is 17.9 Å². The Morgan fingerprint density at radius 1 is 1.31 bits per heavy atom. The fourth-order valence-corrected chi connectivity index (χ4v) is 4.44. The van der Waals surface area contributed by atoms with Crippen molar-refractivity contribution in [1.82, 2.24) is 14.9 Å². The first kappa shape index (κ1) is 21.4. The van der Waals surface area contributed by atoms with Gasteiger partial charge in [0, 0.05) is 12.8 Å². The van der Waals surface area contributed by atoms with Crippen LogP contribution in [0.1, 0.15) is 72.9 Å². The molecule has 0 radical (unpaired) electrons. The van der Waals surface area contributed by atoms with E-state index in [0.717, 1.165) is 10.6 Å². The lowest BCUT2D eigenvalue weighted by atomic mass is 10.1. The number of Topliss-reactive ketones (excluding diaryl/α,β-unsaturated/α-hetero) is 1. The van der Waals surface area contributed by atoms with E-state index < -0.39 is 5.60 Å². The van der Waals surface area contributed by atoms with Gasteiger partial charge in [0.2, 0.25) is 0 Å². The van der Waals surface area contributed by atoms with Crippen molar-refractivity contribution < 1.29 is 24.0 Å². The second kappa shape index (κ2) is 8.62. The molecule has 0 spiro atoms. The highest BCUT2D eigenvalue weighted by Crippen LogP contribution is 2.41. The highest BCUT2D eigenvalue weighted by Gasteiger charge is 2.46. The lowest BCUT2D eigenvalue weighted by Crippen LogP contribution is -2.30. The summed E-state index contributed by atoms with van der Waals surface area (Å²) in [7, 11) is 0. The lowest BCUT2D eigenvalue weighted by Gasteiger charge is -2.21. The van der Waals surface area contributed by atoms with Crippen LogP contribution in [0.3, 0.4) is 0 Å². The Bertz CT molecular complexity index is 814. The summed E-state index contributed by atoms with van der Waals surface area (Å²) in [6.45, 7) is 10.3. The maximum atomic E-state index is 12.6. The molecule has 1 aromatic heterocycles. The zero-order valence-corrected chi connectivity index (χ0v) is 17.9. The number of urea groups is 1. The number of ketones is 1. The van der Waals surface area contributed by atoms with Crippen molar-refractivity contribution in [3.8, 4) is 0 Å². The number of unbranched alkanes of at least 4 members (excludes halogenated alkanes) is 1. The molecule has 1 fully saturated rings. The van der Waals surface area contributed by atoms with Crippen LogP contribution in [0.2, 0.25) is 0 Å². The number of nitrogens with zero attached hydrogens (tertiary/aromatic N) is 3. The number of ether oxygens (including phenoxy) is 1. The van der Waals surface area contributed by atoms with E-state index in [2.05, 4.69) is 11.6 Å². The summed E-state index contributed by atoms with van der Waals surface area (Å²) in [6.07, 6.45) is 3.42. The minimum Gasteiger partial charge on any atom is -0.460 e. The van der Waals surface area contributed by atoms with Gasteiger partial charge in [-0.2, -0.15) is 5.06 Å². The second-order valence-corrected chi connectivity index (χ2v) is 9.17. The van der Waals surface area contributed by atoms with E-state index in [1.54, 1.807) is 11.0 Å². The summed E-state index contributed by atoms with van der Waals surface area (Å²) >= 11 is 1.34. The topological polar surface area (TPSA) is 89.0 Å². The fraction of sp³-hybridized carbons (Fsp3) is 0.600. The zero-order chi connectivity index (χ0) is 21.2. The Kier molecular flexibility index (Phi) is 6.38. The minimum atomic E-state index is -0.493. The molecule has 29 heavy (non-hydrogen) atoms. The van der Waals surface area contributed by atoms with Gasteiger partial charge in [-0.05, 0) is 33.6 Å². The number of fused-ring (bicyclic) bond motifs is 4. The standard InChI is InChI=1S/C20H27N3O5S/c1-5-10-27-23-14-12-22(19(23)26)11-13-17(14)29-18(21-13)15(24)8-6-7-9-16(25)28-20(2,3)4/h5,14H,1,6-12H2,2-4H3. The van der Waals surface area contributed by atoms with E-state index in [4.69, 9.17) is 9.57 Å². The molecular formula is C20H27N3O5S. The maximum absolute atomic E-state index is 12.6. The molecule has 1 saturated heterocycles. The Morgan fingerprint density at radius 2 is 2.03 bits per heavy atom. The normalized spacial score (nSPS) is 18.0. The number of hydrogen-bond donors (Lipinski definition) is 0. The molecule has 1 atom stereocenters. The van der Waals surface area contributed by atoms with Crippen LogP contribution in [0.5, 0.6) is 0 Å². The summed E-state index contributed by atoms with van der Waals surface area (Å²) < 4.78 is 5.27. The van der Waals surface area contributed by atoms with E-state index in [0.29, 0.717) is 43.8 Å². The lowest BCUT2D eigenvalue weighted by molar-refractivity contribution is -0.154. The van der Waals surface area contributed by atoms with E-state index in [1.807, 2.05) is 20.8 Å². The van der Waals surface area contributed by atoms with Gasteiger partial charge in [0.05, 0.1) is 30.3 Å². The van der Waals surface area contributed by atoms with Gasteiger partial charge in [-0.3, -0.25) is 14.4 Å². The smallest absolute Gasteiger partial charge is 0.345 e. The van der Waals surface area contributed by atoms with E-state index in [1.165, 1.54) is 16.4 Å². The molecule has 2 amide bonds. The van der Waals surface area contributed by atoms with Gasteiger partial charge >= 0.3 is 12.0 Å². The third-order valence-electron chi connectivity index (χ3n) is 4.53. The Balaban J connectivity index is 1.55. The monoisotopic (exact) mass is 421 g/mol. The van der Waals surface area contributed by atoms with Crippen LogP contribution in [0, 0.1) is 0 Å². The van der Waals surface area contributed by atoms with Crippen LogP contribution in [0.15, 0.2) is 12.7 Å². The van der Waals surface area contributed by atoms with Crippen LogP contribution in [-0.2, 0) is 20.9 Å². The number of hydroxylamine groups is 2. The first-order valence-electron chi connectivity index (χ1n) is 9.76. The van der Waals surface area contributed by atoms with Crippen molar-refractivity contribution in [2.24, 2.45) is 0 Å². The van der Waals surface area contributed by atoms with Crippen molar-refractivity contribution in [2.75, 3.05) is 13.2 Å². The predicted molar refractivity (Wildman–Crippen MR) is 107 cm³/mol. The average molecular weight is 422 g/mol. The number of hydrogen-bond acceptors (Lipinski definition) is 7. The highest BCUT2D eigenvalue weighted by atomic mass is 32.1. The van der Waals surface area contributed by atoms with Gasteiger partial charge in [0.15, 0.2) is 10.8 Å². The van der Waals surface area contributed by atoms with Crippen LogP contribution >= 0.6 is 11.3 Å². The van der Waals surface area contributed by atoms with Gasteiger partial charge in [-0.25, -0.2) is 9.78 Å². The van der Waals surface area contributed by atoms with Crippen molar-refractivity contribution in [3.63, 3.8) is 0 Å². The molecule has 9 heteroatoms. The molecule has 0 saturated carbocycles. The van der Waals surface area contributed by atoms with E-state index in [-0.39, 0.29) is 30.4 Å². The van der Waals surface area contributed by atoms with Gasteiger partial charge in [-0.1, -0.05) is 6.08 Å². The number of carbonyl (C=O) groups excluding carboxylic acids is 3. The molecule has 0 aliphatic carbocycles. The largest absolute Gasteiger partial charge is 0.460 e. The average Bonchev–Trinajstić information content (AvgIpc) is 3.17. The van der Waals surface area contributed by atoms with Crippen LogP contribution < -0.4 is 0 Å². The molecular weight excluding hydrogens is 394 g/mol. The molecule has 1 unspecified atom stereocenters. The van der Waals surface area contributed by atoms with Crippen molar-refractivity contribution in [1.29, 1.82) is 0 Å². The number of carbonyl (C=O) groups is 3. The number of rotatable bonds is 9. The quantitative estimate of drug-likeness (QED) is 0.262. The fourth-order valence-electron chi connectivity index (χ4n) is 3.33. The van der Waals surface area contributed by atoms with Crippen LogP contribution in [0.25, 0.3) is 0 Å². The Morgan fingerprint density at radius 3 is 2.72 bits per heavy atom. The van der Waals surface area contributed by atoms with Crippen molar-refractivity contribution in [3.05, 3.63) is 28.2 Å². The first-order chi connectivity index (χ1) is 13.7. The third-order valence-corrected chi connectivity index (χ3v) is 5.77. The molecule has 3 rings (SSSR count). The first-order valence-corrected chi connectivity index (χ1v) is 10.6. The molecule has 2 aliphatic heterocycles. The summed E-state index contributed by atoms with van der Waals surface area (Å²) in [6, 6.07) is -0.422. The number of amides is 2. The molecule has 1 aromatic rings. The maximum Gasteiger partial charge on any atom is 0.345 e. The number of aromatic nitrogens is 1. The van der Waals surface area contributed by atoms with Gasteiger partial charge < -0.3 is 9.64 Å². The predicted octanol–water partition coefficient (Wildman–Crippen LogP) is 3.64. The molecule has 0 aromatic carbocycles. The van der Waals surface area contributed by atoms with Gasteiger partial charge in [0.1, 0.15) is 11.6 Å². The molecule has 2 bridgehead atoms. The Labute approximate surface area is 174 Å². The highest BCUT2D eigenvalue weighted by molar-refractivity contribution is 7.13. The SMILES string of the molecule is C=CCON1C(=O)N2Cc3nc(C(=O)CCCCC(=O)OC(C)(C)C)sc3C1C2. The zero-order valence-electron chi connectivity index (χ0n) is 17.1. The van der Waals surface area contributed by atoms with E-state index in [9.17, 15) is 14.4 Å². The summed E-state index contributed by atoms with van der Waals surface area (Å²) in [5.41, 5.74) is 0.272. The van der Waals surface area contributed by atoms with Crippen molar-refractivity contribution >= 4 is 29.1 Å². The van der Waals surface area contributed by atoms with Crippen LogP contribution in [0.4, 0.5) is 4.79 Å². The second-order valence-electron chi connectivity index (χ2n) is 8.14. The summed E-state index contributed by atoms with van der Waals surface area (Å²) in [5, 5.41) is 1.82. The minimum absolute atomic E-state index is 0.0376. The summed E-state index contributed by atoms with van der Waals surface area (Å²) in [4.78, 5) is 49.2. The van der Waals surface area contributed by atoms with Crippen molar-refractivity contribution in [2.45, 2.75) is 64.6 Å². The third kappa shape index (κ3) is 5.02. The summed E-state index contributed by atoms with van der Waals surface area (Å²) in [5.74, 6) is -0.284. The van der Waals surface area contributed by atoms with E-state index >= 15 is 0 Å². The molecule has 8 nitrogen and oxygen atoms in total. The molecule has 3 heterocycles. The molecule has 0 N–H and O–H groups in total. The molecule has 158 valence electrons. The number of thiazole rings is 1. The number of esters is 1.